The number of ether oxygens (including phenoxy) is 1. The third kappa shape index (κ3) is 3.05. The molecule has 0 N–H and O–H groups in total. The van der Waals surface area contributed by atoms with E-state index in [1.165, 1.54) is 13.2 Å². The summed E-state index contributed by atoms with van der Waals surface area (Å²) in [4.78, 5) is 12.0. The smallest absolute Gasteiger partial charge is 0.189 e. The van der Waals surface area contributed by atoms with Crippen molar-refractivity contribution in [2.45, 2.75) is 4.90 Å². The topological polar surface area (TPSA) is 60.4 Å². The van der Waals surface area contributed by atoms with E-state index in [1.54, 1.807) is 48.5 Å². The summed E-state index contributed by atoms with van der Waals surface area (Å²) in [5.74, 6) is -0.762. The number of hydrogen-bond donors (Lipinski definition) is 0. The molecule has 0 aliphatic heterocycles. The first-order valence-corrected chi connectivity index (χ1v) is 7.64. The average molecular weight is 290 g/mol. The van der Waals surface area contributed by atoms with Gasteiger partial charge in [0.05, 0.1) is 7.11 Å². The summed E-state index contributed by atoms with van der Waals surface area (Å²) in [5, 5.41) is 0. The second-order valence-electron chi connectivity index (χ2n) is 4.20. The number of methoxy groups -OCH3 is 1. The van der Waals surface area contributed by atoms with E-state index in [1.807, 2.05) is 0 Å². The van der Waals surface area contributed by atoms with E-state index in [9.17, 15) is 13.2 Å². The lowest BCUT2D eigenvalue weighted by molar-refractivity contribution is 0.102. The molecule has 2 rings (SSSR count). The van der Waals surface area contributed by atoms with Gasteiger partial charge in [-0.05, 0) is 12.1 Å². The van der Waals surface area contributed by atoms with E-state index in [2.05, 4.69) is 0 Å². The maximum absolute atomic E-state index is 12.3. The van der Waals surface area contributed by atoms with Gasteiger partial charge in [0, 0.05) is 5.56 Å². The lowest BCUT2D eigenvalue weighted by Gasteiger charge is -2.08. The van der Waals surface area contributed by atoms with Crippen LogP contribution in [0, 0.1) is 0 Å². The summed E-state index contributed by atoms with van der Waals surface area (Å²) < 4.78 is 29.6. The van der Waals surface area contributed by atoms with E-state index in [0.717, 1.165) is 0 Å². The van der Waals surface area contributed by atoms with Crippen molar-refractivity contribution in [1.82, 2.24) is 0 Å². The van der Waals surface area contributed by atoms with E-state index in [0.29, 0.717) is 5.56 Å². The Morgan fingerprint density at radius 2 is 1.60 bits per heavy atom. The molecule has 0 fully saturated rings. The largest absolute Gasteiger partial charge is 0.495 e. The highest BCUT2D eigenvalue weighted by atomic mass is 32.2. The molecule has 4 nitrogen and oxygen atoms in total. The number of benzene rings is 2. The molecular formula is C15H14O4S. The van der Waals surface area contributed by atoms with Crippen molar-refractivity contribution in [2.24, 2.45) is 0 Å². The van der Waals surface area contributed by atoms with E-state index >= 15 is 0 Å². The summed E-state index contributed by atoms with van der Waals surface area (Å²) >= 11 is 0. The van der Waals surface area contributed by atoms with Crippen molar-refractivity contribution < 1.29 is 17.9 Å². The first-order valence-electron chi connectivity index (χ1n) is 5.98. The van der Waals surface area contributed by atoms with Gasteiger partial charge in [-0.2, -0.15) is 0 Å². The Bertz CT molecular complexity index is 706. The molecule has 0 aliphatic carbocycles. The monoisotopic (exact) mass is 290 g/mol. The minimum atomic E-state index is -3.72. The van der Waals surface area contributed by atoms with Crippen molar-refractivity contribution in [3.05, 3.63) is 60.2 Å². The highest BCUT2D eigenvalue weighted by Crippen LogP contribution is 2.24. The fraction of sp³-hybridized carbons (Fsp3) is 0.133. The number of carbonyl (C=O) groups excluding carboxylic acids is 1. The van der Waals surface area contributed by atoms with Gasteiger partial charge in [0.15, 0.2) is 15.6 Å². The Morgan fingerprint density at radius 1 is 1.00 bits per heavy atom. The highest BCUT2D eigenvalue weighted by molar-refractivity contribution is 7.92. The summed E-state index contributed by atoms with van der Waals surface area (Å²) in [6, 6.07) is 14.6. The number of Topliss-reactive ketones (excluding diaryl/α,β-unsaturated/α-hetero) is 1. The summed E-state index contributed by atoms with van der Waals surface area (Å²) in [5.41, 5.74) is 0.381. The van der Waals surface area contributed by atoms with Crippen LogP contribution in [0.3, 0.4) is 0 Å². The van der Waals surface area contributed by atoms with Crippen LogP contribution in [-0.4, -0.2) is 27.1 Å². The third-order valence-electron chi connectivity index (χ3n) is 2.82. The average Bonchev–Trinajstić information content (AvgIpc) is 2.47. The van der Waals surface area contributed by atoms with Crippen molar-refractivity contribution in [2.75, 3.05) is 12.9 Å². The van der Waals surface area contributed by atoms with Crippen LogP contribution in [-0.2, 0) is 9.84 Å². The third-order valence-corrected chi connectivity index (χ3v) is 4.47. The number of para-hydroxylation sites is 1. The van der Waals surface area contributed by atoms with Crippen molar-refractivity contribution >= 4 is 15.6 Å². The molecule has 0 bridgehead atoms. The quantitative estimate of drug-likeness (QED) is 0.793. The van der Waals surface area contributed by atoms with Gasteiger partial charge in [0.1, 0.15) is 16.4 Å². The number of sulfone groups is 1. The molecule has 0 saturated heterocycles. The van der Waals surface area contributed by atoms with Gasteiger partial charge >= 0.3 is 0 Å². The first-order chi connectivity index (χ1) is 9.54. The lowest BCUT2D eigenvalue weighted by Crippen LogP contribution is -2.17. The molecule has 20 heavy (non-hydrogen) atoms. The Balaban J connectivity index is 2.30. The standard InChI is InChI=1S/C15H14O4S/c1-19-14-9-5-6-10-15(14)20(17,18)11-13(16)12-7-3-2-4-8-12/h2-10H,11H2,1H3. The number of hydrogen-bond acceptors (Lipinski definition) is 4. The maximum atomic E-state index is 12.3. The fourth-order valence-electron chi connectivity index (χ4n) is 1.83. The first kappa shape index (κ1) is 14.3. The van der Waals surface area contributed by atoms with Crippen LogP contribution in [0.2, 0.25) is 0 Å². The Kier molecular flexibility index (Phi) is 4.20. The normalized spacial score (nSPS) is 11.1. The van der Waals surface area contributed by atoms with Gasteiger partial charge in [0.2, 0.25) is 0 Å². The molecule has 0 aromatic heterocycles. The minimum Gasteiger partial charge on any atom is -0.495 e. The van der Waals surface area contributed by atoms with Gasteiger partial charge in [-0.25, -0.2) is 8.42 Å². The molecule has 0 unspecified atom stereocenters. The van der Waals surface area contributed by atoms with Gasteiger partial charge in [-0.15, -0.1) is 0 Å². The van der Waals surface area contributed by atoms with Gasteiger partial charge in [-0.3, -0.25) is 4.79 Å². The second kappa shape index (κ2) is 5.88. The van der Waals surface area contributed by atoms with Crippen molar-refractivity contribution in [3.8, 4) is 5.75 Å². The molecule has 0 heterocycles. The van der Waals surface area contributed by atoms with Crippen molar-refractivity contribution in [3.63, 3.8) is 0 Å². The Hall–Kier alpha value is -2.14. The van der Waals surface area contributed by atoms with Crippen LogP contribution < -0.4 is 4.74 Å². The number of ketones is 1. The number of rotatable bonds is 5. The van der Waals surface area contributed by atoms with Crippen molar-refractivity contribution in [1.29, 1.82) is 0 Å². The predicted molar refractivity (Wildman–Crippen MR) is 75.8 cm³/mol. The zero-order valence-corrected chi connectivity index (χ0v) is 11.8. The molecule has 0 atom stereocenters. The van der Waals surface area contributed by atoms with Gasteiger partial charge < -0.3 is 4.74 Å². The van der Waals surface area contributed by atoms with E-state index in [-0.39, 0.29) is 10.6 Å². The van der Waals surface area contributed by atoms with E-state index in [4.69, 9.17) is 4.74 Å². The van der Waals surface area contributed by atoms with Gasteiger partial charge in [-0.1, -0.05) is 42.5 Å². The van der Waals surface area contributed by atoms with E-state index < -0.39 is 21.4 Å². The zero-order chi connectivity index (χ0) is 14.6. The van der Waals surface area contributed by atoms with Gasteiger partial charge in [0.25, 0.3) is 0 Å². The lowest BCUT2D eigenvalue weighted by atomic mass is 10.2. The second-order valence-corrected chi connectivity index (χ2v) is 6.16. The minimum absolute atomic E-state index is 0.0341. The molecule has 0 saturated carbocycles. The molecule has 2 aromatic rings. The van der Waals surface area contributed by atoms with Crippen LogP contribution in [0.4, 0.5) is 0 Å². The summed E-state index contributed by atoms with van der Waals surface area (Å²) in [6.07, 6.45) is 0. The molecule has 2 aromatic carbocycles. The SMILES string of the molecule is COc1ccccc1S(=O)(=O)CC(=O)c1ccccc1. The molecule has 5 heteroatoms. The molecule has 0 aliphatic rings. The molecule has 0 amide bonds. The van der Waals surface area contributed by atoms with Crippen LogP contribution in [0.15, 0.2) is 59.5 Å². The summed E-state index contributed by atoms with van der Waals surface area (Å²) in [6.45, 7) is 0. The molecule has 0 radical (unpaired) electrons. The molecule has 0 spiro atoms. The predicted octanol–water partition coefficient (Wildman–Crippen LogP) is 2.35. The number of carbonyl (C=O) groups is 1. The Labute approximate surface area is 117 Å². The van der Waals surface area contributed by atoms with Crippen LogP contribution >= 0.6 is 0 Å². The van der Waals surface area contributed by atoms with Crippen LogP contribution in [0.1, 0.15) is 10.4 Å². The fourth-order valence-corrected chi connectivity index (χ4v) is 3.24. The van der Waals surface area contributed by atoms with Crippen LogP contribution in [0.25, 0.3) is 0 Å². The zero-order valence-electron chi connectivity index (χ0n) is 10.9. The maximum Gasteiger partial charge on any atom is 0.189 e. The van der Waals surface area contributed by atoms with Crippen LogP contribution in [0.5, 0.6) is 5.75 Å². The molecule has 104 valence electrons. The highest BCUT2D eigenvalue weighted by Gasteiger charge is 2.23. The summed E-state index contributed by atoms with van der Waals surface area (Å²) in [7, 11) is -2.33. The Morgan fingerprint density at radius 3 is 2.25 bits per heavy atom. The molecular weight excluding hydrogens is 276 g/mol.